The van der Waals surface area contributed by atoms with Crippen LogP contribution in [0.2, 0.25) is 0 Å². The van der Waals surface area contributed by atoms with E-state index >= 15 is 0 Å². The fourth-order valence-electron chi connectivity index (χ4n) is 0.502. The van der Waals surface area contributed by atoms with Gasteiger partial charge in [-0.05, 0) is 6.42 Å². The number of terminal acetylenes is 1. The Bertz CT molecular complexity index is 150. The SMILES string of the molecule is C#CC(CC)NC(=O)CS. The number of carbonyl (C=O) groups is 1. The van der Waals surface area contributed by atoms with Crippen LogP contribution in [0.3, 0.4) is 0 Å². The Morgan fingerprint density at radius 3 is 2.80 bits per heavy atom. The highest BCUT2D eigenvalue weighted by Gasteiger charge is 2.03. The lowest BCUT2D eigenvalue weighted by atomic mass is 10.2. The van der Waals surface area contributed by atoms with Crippen LogP contribution in [0, 0.1) is 12.3 Å². The molecule has 0 aliphatic rings. The van der Waals surface area contributed by atoms with Crippen LogP contribution in [0.5, 0.6) is 0 Å². The number of hydrogen-bond acceptors (Lipinski definition) is 2. The molecule has 0 aromatic heterocycles. The average Bonchev–Trinajstić information content (AvgIpc) is 1.99. The monoisotopic (exact) mass is 157 g/mol. The smallest absolute Gasteiger partial charge is 0.230 e. The predicted octanol–water partition coefficient (Wildman–Crippen LogP) is 0.444. The summed E-state index contributed by atoms with van der Waals surface area (Å²) >= 11 is 3.79. The Morgan fingerprint density at radius 1 is 1.90 bits per heavy atom. The molecule has 1 amide bonds. The second kappa shape index (κ2) is 5.19. The van der Waals surface area contributed by atoms with E-state index in [4.69, 9.17) is 6.42 Å². The molecule has 10 heavy (non-hydrogen) atoms. The summed E-state index contributed by atoms with van der Waals surface area (Å²) in [4.78, 5) is 10.7. The fraction of sp³-hybridized carbons (Fsp3) is 0.571. The summed E-state index contributed by atoms with van der Waals surface area (Å²) < 4.78 is 0. The Balaban J connectivity index is 3.66. The molecule has 0 aromatic carbocycles. The summed E-state index contributed by atoms with van der Waals surface area (Å²) in [5.41, 5.74) is 0. The van der Waals surface area contributed by atoms with Crippen LogP contribution < -0.4 is 5.32 Å². The number of rotatable bonds is 3. The molecular formula is C7H11NOS. The van der Waals surface area contributed by atoms with Gasteiger partial charge in [0.05, 0.1) is 11.8 Å². The van der Waals surface area contributed by atoms with E-state index in [2.05, 4.69) is 23.9 Å². The Kier molecular flexibility index (Phi) is 4.87. The van der Waals surface area contributed by atoms with E-state index in [0.29, 0.717) is 0 Å². The van der Waals surface area contributed by atoms with E-state index in [1.807, 2.05) is 6.92 Å². The number of nitrogens with one attached hydrogen (secondary N) is 1. The second-order valence-electron chi connectivity index (χ2n) is 1.85. The maximum absolute atomic E-state index is 10.7. The summed E-state index contributed by atoms with van der Waals surface area (Å²) in [7, 11) is 0. The van der Waals surface area contributed by atoms with Gasteiger partial charge in [-0.1, -0.05) is 12.8 Å². The van der Waals surface area contributed by atoms with E-state index in [1.165, 1.54) is 0 Å². The minimum Gasteiger partial charge on any atom is -0.342 e. The lowest BCUT2D eigenvalue weighted by molar-refractivity contribution is -0.118. The van der Waals surface area contributed by atoms with Gasteiger partial charge in [-0.25, -0.2) is 0 Å². The van der Waals surface area contributed by atoms with E-state index in [1.54, 1.807) is 0 Å². The van der Waals surface area contributed by atoms with Crippen LogP contribution >= 0.6 is 12.6 Å². The fourth-order valence-corrected chi connectivity index (χ4v) is 0.593. The van der Waals surface area contributed by atoms with Gasteiger partial charge in [0.2, 0.25) is 5.91 Å². The molecule has 0 radical (unpaired) electrons. The molecule has 0 aromatic rings. The zero-order valence-electron chi connectivity index (χ0n) is 5.92. The predicted molar refractivity (Wildman–Crippen MR) is 44.9 cm³/mol. The molecule has 56 valence electrons. The molecule has 0 aliphatic heterocycles. The Labute approximate surface area is 66.8 Å². The van der Waals surface area contributed by atoms with Crippen molar-refractivity contribution in [1.82, 2.24) is 5.32 Å². The number of hydrogen-bond donors (Lipinski definition) is 2. The molecule has 0 rings (SSSR count). The van der Waals surface area contributed by atoms with Crippen molar-refractivity contribution in [3.8, 4) is 12.3 Å². The van der Waals surface area contributed by atoms with Gasteiger partial charge >= 0.3 is 0 Å². The Morgan fingerprint density at radius 2 is 2.50 bits per heavy atom. The zero-order chi connectivity index (χ0) is 7.98. The van der Waals surface area contributed by atoms with Gasteiger partial charge in [-0.3, -0.25) is 4.79 Å². The maximum atomic E-state index is 10.7. The van der Waals surface area contributed by atoms with Crippen molar-refractivity contribution in [2.75, 3.05) is 5.75 Å². The summed E-state index contributed by atoms with van der Waals surface area (Å²) in [6.45, 7) is 1.92. The largest absolute Gasteiger partial charge is 0.342 e. The van der Waals surface area contributed by atoms with Crippen LogP contribution in [-0.2, 0) is 4.79 Å². The minimum absolute atomic E-state index is 0.117. The lowest BCUT2D eigenvalue weighted by Crippen LogP contribution is -2.33. The highest BCUT2D eigenvalue weighted by Crippen LogP contribution is 1.87. The molecule has 1 atom stereocenters. The molecule has 0 saturated heterocycles. The Hall–Kier alpha value is -0.620. The lowest BCUT2D eigenvalue weighted by Gasteiger charge is -2.07. The molecule has 0 fully saturated rings. The van der Waals surface area contributed by atoms with Gasteiger partial charge < -0.3 is 5.32 Å². The van der Waals surface area contributed by atoms with E-state index in [9.17, 15) is 4.79 Å². The van der Waals surface area contributed by atoms with Gasteiger partial charge in [-0.2, -0.15) is 12.6 Å². The van der Waals surface area contributed by atoms with E-state index in [-0.39, 0.29) is 17.7 Å². The molecule has 0 saturated carbocycles. The van der Waals surface area contributed by atoms with Crippen molar-refractivity contribution in [3.63, 3.8) is 0 Å². The molecule has 0 heterocycles. The van der Waals surface area contributed by atoms with Gasteiger partial charge in [0.25, 0.3) is 0 Å². The molecule has 3 heteroatoms. The van der Waals surface area contributed by atoms with Crippen LogP contribution in [0.15, 0.2) is 0 Å². The van der Waals surface area contributed by atoms with Gasteiger partial charge in [0, 0.05) is 0 Å². The number of thiol groups is 1. The van der Waals surface area contributed by atoms with Gasteiger partial charge in [-0.15, -0.1) is 6.42 Å². The van der Waals surface area contributed by atoms with Crippen LogP contribution in [-0.4, -0.2) is 17.7 Å². The quantitative estimate of drug-likeness (QED) is 0.452. The minimum atomic E-state index is -0.139. The topological polar surface area (TPSA) is 29.1 Å². The first-order valence-electron chi connectivity index (χ1n) is 3.11. The van der Waals surface area contributed by atoms with Crippen LogP contribution in [0.1, 0.15) is 13.3 Å². The van der Waals surface area contributed by atoms with Crippen LogP contribution in [0.25, 0.3) is 0 Å². The van der Waals surface area contributed by atoms with Crippen molar-refractivity contribution >= 4 is 18.5 Å². The van der Waals surface area contributed by atoms with Gasteiger partial charge in [0.15, 0.2) is 0 Å². The third kappa shape index (κ3) is 3.41. The molecule has 2 nitrogen and oxygen atoms in total. The standard InChI is InChI=1S/C7H11NOS/c1-3-6(4-2)8-7(9)5-10/h1,6,10H,4-5H2,2H3,(H,8,9). The highest BCUT2D eigenvalue weighted by atomic mass is 32.1. The first-order chi connectivity index (χ1) is 4.74. The first-order valence-corrected chi connectivity index (χ1v) is 3.74. The maximum Gasteiger partial charge on any atom is 0.230 e. The average molecular weight is 157 g/mol. The van der Waals surface area contributed by atoms with E-state index < -0.39 is 0 Å². The molecule has 0 aliphatic carbocycles. The molecule has 0 bridgehead atoms. The van der Waals surface area contributed by atoms with Crippen molar-refractivity contribution in [1.29, 1.82) is 0 Å². The normalized spacial score (nSPS) is 11.7. The molecule has 0 spiro atoms. The molecule has 1 N–H and O–H groups in total. The summed E-state index contributed by atoms with van der Waals surface area (Å²) in [6.07, 6.45) is 5.86. The molecular weight excluding hydrogens is 146 g/mol. The van der Waals surface area contributed by atoms with Crippen molar-refractivity contribution < 1.29 is 4.79 Å². The van der Waals surface area contributed by atoms with Crippen molar-refractivity contribution in [2.24, 2.45) is 0 Å². The molecule has 1 unspecified atom stereocenters. The summed E-state index contributed by atoms with van der Waals surface area (Å²) in [5, 5.41) is 2.61. The van der Waals surface area contributed by atoms with Crippen LogP contribution in [0.4, 0.5) is 0 Å². The van der Waals surface area contributed by atoms with Gasteiger partial charge in [0.1, 0.15) is 0 Å². The number of amides is 1. The number of carbonyl (C=O) groups excluding carboxylic acids is 1. The second-order valence-corrected chi connectivity index (χ2v) is 2.17. The third-order valence-electron chi connectivity index (χ3n) is 1.09. The summed E-state index contributed by atoms with van der Waals surface area (Å²) in [6, 6.07) is -0.139. The third-order valence-corrected chi connectivity index (χ3v) is 1.38. The van der Waals surface area contributed by atoms with Crippen molar-refractivity contribution in [3.05, 3.63) is 0 Å². The zero-order valence-corrected chi connectivity index (χ0v) is 6.82. The summed E-state index contributed by atoms with van der Waals surface area (Å²) in [5.74, 6) is 2.53. The highest BCUT2D eigenvalue weighted by molar-refractivity contribution is 7.81. The van der Waals surface area contributed by atoms with Crippen molar-refractivity contribution in [2.45, 2.75) is 19.4 Å². The first kappa shape index (κ1) is 9.38. The van der Waals surface area contributed by atoms with E-state index in [0.717, 1.165) is 6.42 Å².